The number of aryl methyl sites for hydroxylation is 1. The summed E-state index contributed by atoms with van der Waals surface area (Å²) in [7, 11) is 0. The highest BCUT2D eigenvalue weighted by molar-refractivity contribution is 5.55. The molecule has 0 amide bonds. The topological polar surface area (TPSA) is 77.0 Å². The second kappa shape index (κ2) is 3.85. The molecule has 1 saturated carbocycles. The van der Waals surface area contributed by atoms with Crippen molar-refractivity contribution in [1.29, 1.82) is 0 Å². The quantitative estimate of drug-likeness (QED) is 0.624. The number of hydrazine groups is 1. The molecule has 2 aromatic rings. The van der Waals surface area contributed by atoms with Gasteiger partial charge in [0.1, 0.15) is 5.82 Å². The first-order valence-corrected chi connectivity index (χ1v) is 5.68. The zero-order valence-electron chi connectivity index (χ0n) is 9.60. The fourth-order valence-corrected chi connectivity index (χ4v) is 1.83. The van der Waals surface area contributed by atoms with Crippen molar-refractivity contribution in [3.63, 3.8) is 0 Å². The van der Waals surface area contributed by atoms with Gasteiger partial charge in [-0.05, 0) is 31.4 Å². The Morgan fingerprint density at radius 3 is 2.82 bits per heavy atom. The van der Waals surface area contributed by atoms with Crippen molar-refractivity contribution in [1.82, 2.24) is 9.97 Å². The van der Waals surface area contributed by atoms with Gasteiger partial charge in [-0.3, -0.25) is 0 Å². The maximum atomic E-state index is 5.43. The van der Waals surface area contributed by atoms with Crippen LogP contribution < -0.4 is 11.3 Å². The largest absolute Gasteiger partial charge is 0.461 e. The summed E-state index contributed by atoms with van der Waals surface area (Å²) in [5.41, 5.74) is 4.65. The number of nitrogens with one attached hydrogen (secondary N) is 1. The molecule has 1 fully saturated rings. The van der Waals surface area contributed by atoms with Gasteiger partial charge in [0.2, 0.25) is 0 Å². The fraction of sp³-hybridized carbons (Fsp3) is 0.333. The van der Waals surface area contributed by atoms with E-state index in [1.165, 1.54) is 12.8 Å². The first-order valence-electron chi connectivity index (χ1n) is 5.68. The summed E-state index contributed by atoms with van der Waals surface area (Å²) in [4.78, 5) is 8.87. The number of anilines is 1. The van der Waals surface area contributed by atoms with Crippen LogP contribution in [0.25, 0.3) is 11.6 Å². The van der Waals surface area contributed by atoms with Gasteiger partial charge in [-0.1, -0.05) is 0 Å². The molecule has 5 nitrogen and oxygen atoms in total. The second-order valence-corrected chi connectivity index (χ2v) is 4.35. The lowest BCUT2D eigenvalue weighted by atomic mass is 10.2. The summed E-state index contributed by atoms with van der Waals surface area (Å²) in [6.45, 7) is 1.97. The van der Waals surface area contributed by atoms with Gasteiger partial charge in [-0.25, -0.2) is 15.8 Å². The average molecular weight is 230 g/mol. The van der Waals surface area contributed by atoms with Gasteiger partial charge in [-0.2, -0.15) is 0 Å². The molecule has 88 valence electrons. The lowest BCUT2D eigenvalue weighted by Gasteiger charge is -2.05. The third-order valence-electron chi connectivity index (χ3n) is 2.95. The highest BCUT2D eigenvalue weighted by Gasteiger charge is 2.26. The Kier molecular flexibility index (Phi) is 2.33. The molecular formula is C12H14N4O. The maximum Gasteiger partial charge on any atom is 0.198 e. The Labute approximate surface area is 99.0 Å². The minimum Gasteiger partial charge on any atom is -0.461 e. The monoisotopic (exact) mass is 230 g/mol. The molecule has 2 heterocycles. The molecule has 0 bridgehead atoms. The predicted octanol–water partition coefficient (Wildman–Crippen LogP) is 2.21. The van der Waals surface area contributed by atoms with Gasteiger partial charge in [0.15, 0.2) is 11.6 Å². The molecule has 0 aliphatic heterocycles. The van der Waals surface area contributed by atoms with Gasteiger partial charge in [0.05, 0.1) is 6.26 Å². The molecule has 3 N–H and O–H groups in total. The number of nitrogens with zero attached hydrogens (tertiary/aromatic N) is 2. The van der Waals surface area contributed by atoms with Crippen molar-refractivity contribution < 1.29 is 4.42 Å². The van der Waals surface area contributed by atoms with E-state index in [4.69, 9.17) is 10.3 Å². The summed E-state index contributed by atoms with van der Waals surface area (Å²) < 4.78 is 5.41. The van der Waals surface area contributed by atoms with Crippen LogP contribution in [0.3, 0.4) is 0 Å². The zero-order chi connectivity index (χ0) is 11.8. The van der Waals surface area contributed by atoms with Crippen molar-refractivity contribution in [3.8, 4) is 11.6 Å². The van der Waals surface area contributed by atoms with Crippen LogP contribution in [0.4, 0.5) is 5.82 Å². The van der Waals surface area contributed by atoms with Crippen molar-refractivity contribution in [3.05, 3.63) is 29.7 Å². The first kappa shape index (κ1) is 10.3. The van der Waals surface area contributed by atoms with Gasteiger partial charge in [0, 0.05) is 17.7 Å². The Bertz CT molecular complexity index is 545. The average Bonchev–Trinajstić information content (AvgIpc) is 3.11. The van der Waals surface area contributed by atoms with Crippen LogP contribution in [-0.2, 0) is 0 Å². The van der Waals surface area contributed by atoms with Crippen molar-refractivity contribution >= 4 is 5.82 Å². The number of nitrogens with two attached hydrogens (primary N) is 1. The van der Waals surface area contributed by atoms with Crippen molar-refractivity contribution in [2.24, 2.45) is 5.84 Å². The van der Waals surface area contributed by atoms with Gasteiger partial charge < -0.3 is 9.84 Å². The number of hydrogen-bond donors (Lipinski definition) is 2. The Balaban J connectivity index is 2.09. The summed E-state index contributed by atoms with van der Waals surface area (Å²) in [5.74, 6) is 7.93. The maximum absolute atomic E-state index is 5.43. The Morgan fingerprint density at radius 1 is 1.41 bits per heavy atom. The molecule has 1 aliphatic rings. The van der Waals surface area contributed by atoms with Gasteiger partial charge in [-0.15, -0.1) is 0 Å². The van der Waals surface area contributed by atoms with E-state index in [1.54, 1.807) is 6.26 Å². The van der Waals surface area contributed by atoms with E-state index in [0.29, 0.717) is 23.3 Å². The van der Waals surface area contributed by atoms with E-state index >= 15 is 0 Å². The Morgan fingerprint density at radius 2 is 2.24 bits per heavy atom. The van der Waals surface area contributed by atoms with E-state index in [9.17, 15) is 0 Å². The van der Waals surface area contributed by atoms with E-state index < -0.39 is 0 Å². The minimum absolute atomic E-state index is 0.555. The second-order valence-electron chi connectivity index (χ2n) is 4.35. The van der Waals surface area contributed by atoms with E-state index in [-0.39, 0.29) is 0 Å². The molecule has 0 spiro atoms. The predicted molar refractivity (Wildman–Crippen MR) is 64.3 cm³/mol. The number of furan rings is 1. The third-order valence-corrected chi connectivity index (χ3v) is 2.95. The normalized spacial score (nSPS) is 14.9. The van der Waals surface area contributed by atoms with Crippen LogP contribution in [0, 0.1) is 6.92 Å². The molecule has 1 aliphatic carbocycles. The van der Waals surface area contributed by atoms with Gasteiger partial charge in [0.25, 0.3) is 0 Å². The SMILES string of the molecule is Cc1ccoc1-c1nc(NN)cc(C2CC2)n1. The van der Waals surface area contributed by atoms with Crippen LogP contribution in [-0.4, -0.2) is 9.97 Å². The standard InChI is InChI=1S/C12H14N4O/c1-7-4-5-17-11(7)12-14-9(8-2-3-8)6-10(15-12)16-13/h4-6,8H,2-3,13H2,1H3,(H,14,15,16). The molecule has 17 heavy (non-hydrogen) atoms. The van der Waals surface area contributed by atoms with Gasteiger partial charge >= 0.3 is 0 Å². The molecule has 3 rings (SSSR count). The number of nitrogen functional groups attached to an aromatic ring is 1. The molecule has 2 aromatic heterocycles. The van der Waals surface area contributed by atoms with E-state index in [0.717, 1.165) is 11.3 Å². The molecule has 5 heteroatoms. The van der Waals surface area contributed by atoms with Crippen LogP contribution in [0.5, 0.6) is 0 Å². The number of aromatic nitrogens is 2. The fourth-order valence-electron chi connectivity index (χ4n) is 1.83. The molecule has 0 radical (unpaired) electrons. The van der Waals surface area contributed by atoms with Crippen molar-refractivity contribution in [2.45, 2.75) is 25.7 Å². The molecule has 0 aromatic carbocycles. The summed E-state index contributed by atoms with van der Waals surface area (Å²) in [6.07, 6.45) is 4.03. The number of rotatable bonds is 3. The molecule has 0 unspecified atom stereocenters. The van der Waals surface area contributed by atoms with Crippen LogP contribution in [0.1, 0.15) is 30.0 Å². The van der Waals surface area contributed by atoms with E-state index in [2.05, 4.69) is 15.4 Å². The first-order chi connectivity index (χ1) is 8.28. The highest BCUT2D eigenvalue weighted by Crippen LogP contribution is 2.40. The molecule has 0 saturated heterocycles. The molecule has 0 atom stereocenters. The Hall–Kier alpha value is -1.88. The van der Waals surface area contributed by atoms with Crippen LogP contribution in [0.15, 0.2) is 22.8 Å². The summed E-state index contributed by atoms with van der Waals surface area (Å²) in [5, 5.41) is 0. The minimum atomic E-state index is 0.555. The zero-order valence-corrected chi connectivity index (χ0v) is 9.60. The highest BCUT2D eigenvalue weighted by atomic mass is 16.3. The number of hydrogen-bond acceptors (Lipinski definition) is 5. The van der Waals surface area contributed by atoms with Crippen LogP contribution in [0.2, 0.25) is 0 Å². The third kappa shape index (κ3) is 1.89. The van der Waals surface area contributed by atoms with Crippen LogP contribution >= 0.6 is 0 Å². The smallest absolute Gasteiger partial charge is 0.198 e. The summed E-state index contributed by atoms with van der Waals surface area (Å²) >= 11 is 0. The molecular weight excluding hydrogens is 216 g/mol. The summed E-state index contributed by atoms with van der Waals surface area (Å²) in [6, 6.07) is 3.80. The lowest BCUT2D eigenvalue weighted by molar-refractivity contribution is 0.575. The van der Waals surface area contributed by atoms with E-state index in [1.807, 2.05) is 19.1 Å². The lowest BCUT2D eigenvalue weighted by Crippen LogP contribution is -2.10. The van der Waals surface area contributed by atoms with Crippen molar-refractivity contribution in [2.75, 3.05) is 5.43 Å².